The molecule has 0 aromatic heterocycles. The molecule has 0 heterocycles. The van der Waals surface area contributed by atoms with Gasteiger partial charge in [-0.2, -0.15) is 5.10 Å². The number of halogens is 1. The molecular formula is C11H15FN4OS. The maximum atomic E-state index is 10.8. The maximum Gasteiger partial charge on any atom is 0.221 e. The molecule has 7 heteroatoms. The van der Waals surface area contributed by atoms with Gasteiger partial charge in [0.05, 0.1) is 13.4 Å². The van der Waals surface area contributed by atoms with Gasteiger partial charge in [-0.1, -0.05) is 12.1 Å². The van der Waals surface area contributed by atoms with Gasteiger partial charge in [-0.3, -0.25) is 14.6 Å². The van der Waals surface area contributed by atoms with Gasteiger partial charge >= 0.3 is 0 Å². The van der Waals surface area contributed by atoms with Crippen LogP contribution in [0.4, 0.5) is 10.1 Å². The molecular weight excluding hydrogens is 255 g/mol. The Labute approximate surface area is 110 Å². The molecule has 1 rings (SSSR count). The van der Waals surface area contributed by atoms with Crippen LogP contribution in [0, 0.1) is 0 Å². The molecule has 0 aliphatic carbocycles. The van der Waals surface area contributed by atoms with Crippen LogP contribution in [0.25, 0.3) is 0 Å². The highest BCUT2D eigenvalue weighted by Gasteiger charge is 1.94. The van der Waals surface area contributed by atoms with Crippen LogP contribution >= 0.6 is 12.2 Å². The lowest BCUT2D eigenvalue weighted by Crippen LogP contribution is -2.23. The second kappa shape index (κ2) is 9.06. The van der Waals surface area contributed by atoms with Gasteiger partial charge < -0.3 is 11.1 Å². The monoisotopic (exact) mass is 270 g/mol. The van der Waals surface area contributed by atoms with Crippen LogP contribution in [0.2, 0.25) is 0 Å². The van der Waals surface area contributed by atoms with Crippen LogP contribution < -0.4 is 16.5 Å². The second-order valence-electron chi connectivity index (χ2n) is 3.04. The van der Waals surface area contributed by atoms with E-state index in [0.29, 0.717) is 7.18 Å². The smallest absolute Gasteiger partial charge is 0.221 e. The van der Waals surface area contributed by atoms with Crippen LogP contribution in [-0.4, -0.2) is 24.4 Å². The van der Waals surface area contributed by atoms with E-state index in [4.69, 9.17) is 5.73 Å². The zero-order chi connectivity index (χ0) is 14.0. The fourth-order valence-corrected chi connectivity index (χ4v) is 1.08. The number of alkyl halides is 1. The molecule has 5 nitrogen and oxygen atoms in total. The Morgan fingerprint density at radius 1 is 1.39 bits per heavy atom. The maximum absolute atomic E-state index is 10.8. The highest BCUT2D eigenvalue weighted by Crippen LogP contribution is 2.07. The molecule has 0 radical (unpaired) electrons. The van der Waals surface area contributed by atoms with Crippen LogP contribution in [-0.2, 0) is 4.79 Å². The highest BCUT2D eigenvalue weighted by molar-refractivity contribution is 7.80. The molecule has 1 aromatic carbocycles. The topological polar surface area (TPSA) is 79.5 Å². The zero-order valence-electron chi connectivity index (χ0n) is 10.1. The lowest BCUT2D eigenvalue weighted by atomic mass is 10.2. The van der Waals surface area contributed by atoms with Crippen molar-refractivity contribution in [2.75, 3.05) is 12.5 Å². The number of hydrogen-bond acceptors (Lipinski definition) is 3. The van der Waals surface area contributed by atoms with Gasteiger partial charge in [0.1, 0.15) is 0 Å². The molecule has 98 valence electrons. The number of carbonyl (C=O) groups is 1. The van der Waals surface area contributed by atoms with Gasteiger partial charge in [-0.15, -0.1) is 0 Å². The van der Waals surface area contributed by atoms with E-state index in [-0.39, 0.29) is 11.0 Å². The number of hydrazone groups is 1. The van der Waals surface area contributed by atoms with E-state index in [0.717, 1.165) is 11.3 Å². The number of nitrogens with zero attached hydrogens (tertiary/aromatic N) is 1. The molecule has 0 spiro atoms. The molecule has 18 heavy (non-hydrogen) atoms. The van der Waals surface area contributed by atoms with E-state index in [1.54, 1.807) is 18.3 Å². The molecule has 1 aromatic rings. The highest BCUT2D eigenvalue weighted by atomic mass is 32.1. The molecule has 0 fully saturated rings. The van der Waals surface area contributed by atoms with Crippen molar-refractivity contribution >= 4 is 35.1 Å². The minimum atomic E-state index is -0.100. The van der Waals surface area contributed by atoms with Crippen molar-refractivity contribution in [1.29, 1.82) is 0 Å². The molecule has 0 bridgehead atoms. The normalized spacial score (nSPS) is 9.28. The second-order valence-corrected chi connectivity index (χ2v) is 3.48. The van der Waals surface area contributed by atoms with Gasteiger partial charge in [-0.25, -0.2) is 0 Å². The first-order valence-electron chi connectivity index (χ1n) is 4.92. The minimum Gasteiger partial charge on any atom is -0.375 e. The third-order valence-corrected chi connectivity index (χ3v) is 1.71. The zero-order valence-corrected chi connectivity index (χ0v) is 10.9. The van der Waals surface area contributed by atoms with Gasteiger partial charge in [-0.05, 0) is 29.9 Å². The van der Waals surface area contributed by atoms with Crippen molar-refractivity contribution in [2.24, 2.45) is 10.8 Å². The summed E-state index contributed by atoms with van der Waals surface area (Å²) in [6.07, 6.45) is 1.58. The number of anilines is 1. The lowest BCUT2D eigenvalue weighted by Gasteiger charge is -2.01. The number of nitrogens with one attached hydrogen (secondary N) is 2. The standard InChI is InChI=1S/C10H12N4OS.CH3F/c1-7(15)13-9-4-2-8(3-5-9)6-12-14-10(11)16;1-2/h2-6H,1H3,(H,13,15)(H3,11,14,16);1H3/b12-6+;. The van der Waals surface area contributed by atoms with Crippen molar-refractivity contribution in [3.8, 4) is 0 Å². The first-order valence-corrected chi connectivity index (χ1v) is 5.32. The van der Waals surface area contributed by atoms with E-state index in [9.17, 15) is 9.18 Å². The number of hydrogen-bond donors (Lipinski definition) is 3. The summed E-state index contributed by atoms with van der Waals surface area (Å²) in [6.45, 7) is 1.46. The molecule has 4 N–H and O–H groups in total. The number of benzene rings is 1. The minimum absolute atomic E-state index is 0.100. The molecule has 1 amide bonds. The van der Waals surface area contributed by atoms with Crippen molar-refractivity contribution in [2.45, 2.75) is 6.92 Å². The first-order chi connectivity index (χ1) is 8.58. The van der Waals surface area contributed by atoms with E-state index < -0.39 is 0 Å². The number of carbonyl (C=O) groups excluding carboxylic acids is 1. The quantitative estimate of drug-likeness (QED) is 0.440. The Hall–Kier alpha value is -2.02. The Morgan fingerprint density at radius 2 is 1.94 bits per heavy atom. The van der Waals surface area contributed by atoms with Crippen LogP contribution in [0.1, 0.15) is 12.5 Å². The number of rotatable bonds is 3. The molecule has 0 saturated heterocycles. The van der Waals surface area contributed by atoms with Gasteiger partial charge in [0.2, 0.25) is 5.91 Å². The molecule has 0 saturated carbocycles. The number of nitrogens with two attached hydrogens (primary N) is 1. The van der Waals surface area contributed by atoms with Gasteiger partial charge in [0, 0.05) is 12.6 Å². The third kappa shape index (κ3) is 7.29. The van der Waals surface area contributed by atoms with Crippen LogP contribution in [0.3, 0.4) is 0 Å². The van der Waals surface area contributed by atoms with Crippen molar-refractivity contribution in [3.05, 3.63) is 29.8 Å². The van der Waals surface area contributed by atoms with Gasteiger partial charge in [0.25, 0.3) is 0 Å². The predicted octanol–water partition coefficient (Wildman–Crippen LogP) is 1.40. The van der Waals surface area contributed by atoms with E-state index in [1.807, 2.05) is 12.1 Å². The average molecular weight is 270 g/mol. The van der Waals surface area contributed by atoms with Crippen molar-refractivity contribution < 1.29 is 9.18 Å². The van der Waals surface area contributed by atoms with Crippen molar-refractivity contribution in [1.82, 2.24) is 5.43 Å². The summed E-state index contributed by atoms with van der Waals surface area (Å²) in [5.74, 6) is -0.100. The van der Waals surface area contributed by atoms with Crippen LogP contribution in [0.15, 0.2) is 29.4 Å². The molecule has 0 aliphatic rings. The van der Waals surface area contributed by atoms with Crippen molar-refractivity contribution in [3.63, 3.8) is 0 Å². The summed E-state index contributed by atoms with van der Waals surface area (Å²) in [4.78, 5) is 10.8. The summed E-state index contributed by atoms with van der Waals surface area (Å²) < 4.78 is 9.50. The summed E-state index contributed by atoms with van der Waals surface area (Å²) in [5.41, 5.74) is 9.26. The summed E-state index contributed by atoms with van der Waals surface area (Å²) in [7, 11) is 0.500. The molecule has 0 atom stereocenters. The first kappa shape index (κ1) is 16.0. The average Bonchev–Trinajstić information content (AvgIpc) is 2.33. The summed E-state index contributed by atoms with van der Waals surface area (Å²) >= 11 is 4.58. The van der Waals surface area contributed by atoms with Gasteiger partial charge in [0.15, 0.2) is 5.11 Å². The fraction of sp³-hybridized carbons (Fsp3) is 0.182. The third-order valence-electron chi connectivity index (χ3n) is 1.62. The number of amides is 1. The van der Waals surface area contributed by atoms with Crippen LogP contribution in [0.5, 0.6) is 0 Å². The Bertz CT molecular complexity index is 420. The SMILES string of the molecule is CC(=O)Nc1ccc(/C=N/NC(N)=S)cc1.CF. The Balaban J connectivity index is 0.00000137. The fourth-order valence-electron chi connectivity index (χ4n) is 1.03. The van der Waals surface area contributed by atoms with E-state index in [2.05, 4.69) is 28.1 Å². The lowest BCUT2D eigenvalue weighted by molar-refractivity contribution is -0.114. The summed E-state index contributed by atoms with van der Waals surface area (Å²) in [6, 6.07) is 7.19. The summed E-state index contributed by atoms with van der Waals surface area (Å²) in [5, 5.41) is 6.59. The molecule has 0 unspecified atom stereocenters. The van der Waals surface area contributed by atoms with E-state index in [1.165, 1.54) is 6.92 Å². The Morgan fingerprint density at radius 3 is 2.39 bits per heavy atom. The molecule has 0 aliphatic heterocycles. The predicted molar refractivity (Wildman–Crippen MR) is 75.3 cm³/mol. The Kier molecular flexibility index (Phi) is 8.04. The van der Waals surface area contributed by atoms with E-state index >= 15 is 0 Å². The number of thiocarbonyl (C=S) groups is 1. The largest absolute Gasteiger partial charge is 0.375 e.